The van der Waals surface area contributed by atoms with Crippen molar-refractivity contribution in [1.82, 2.24) is 24.1 Å². The molecule has 26 heavy (non-hydrogen) atoms. The molecule has 0 spiro atoms. The van der Waals surface area contributed by atoms with Crippen LogP contribution in [0.15, 0.2) is 36.7 Å². The van der Waals surface area contributed by atoms with Crippen LogP contribution in [0.3, 0.4) is 0 Å². The number of para-hydroxylation sites is 1. The second kappa shape index (κ2) is 8.43. The van der Waals surface area contributed by atoms with E-state index < -0.39 is 0 Å². The molecule has 3 heterocycles. The molecule has 0 saturated carbocycles. The maximum Gasteiger partial charge on any atom is 0.203 e. The van der Waals surface area contributed by atoms with Crippen molar-refractivity contribution in [3.63, 3.8) is 0 Å². The van der Waals surface area contributed by atoms with Crippen molar-refractivity contribution in [2.24, 2.45) is 5.92 Å². The molecule has 0 N–H and O–H groups in total. The molecular formula is C19H27N5OS. The highest BCUT2D eigenvalue weighted by Crippen LogP contribution is 2.19. The average molecular weight is 374 g/mol. The second-order valence-electron chi connectivity index (χ2n) is 7.23. The molecule has 0 aliphatic carbocycles. The van der Waals surface area contributed by atoms with E-state index in [0.29, 0.717) is 0 Å². The molecule has 0 bridgehead atoms. The van der Waals surface area contributed by atoms with Gasteiger partial charge in [0.1, 0.15) is 6.33 Å². The van der Waals surface area contributed by atoms with Gasteiger partial charge >= 0.3 is 0 Å². The van der Waals surface area contributed by atoms with E-state index in [1.807, 2.05) is 33.8 Å². The molecule has 0 amide bonds. The van der Waals surface area contributed by atoms with E-state index in [-0.39, 0.29) is 0 Å². The number of piperidine rings is 1. The minimum Gasteiger partial charge on any atom is -0.379 e. The summed E-state index contributed by atoms with van der Waals surface area (Å²) >= 11 is 5.63. The predicted octanol–water partition coefficient (Wildman–Crippen LogP) is 2.40. The number of hydrogen-bond donors (Lipinski definition) is 0. The van der Waals surface area contributed by atoms with Gasteiger partial charge in [-0.3, -0.25) is 14.4 Å². The van der Waals surface area contributed by atoms with Crippen LogP contribution in [0.4, 0.5) is 0 Å². The fourth-order valence-electron chi connectivity index (χ4n) is 3.85. The number of ether oxygens (including phenoxy) is 1. The Morgan fingerprint density at radius 1 is 1.00 bits per heavy atom. The average Bonchev–Trinajstić information content (AvgIpc) is 3.05. The van der Waals surface area contributed by atoms with E-state index >= 15 is 0 Å². The Balaban J connectivity index is 1.31. The first-order valence-electron chi connectivity index (χ1n) is 9.52. The number of aromatic nitrogens is 3. The van der Waals surface area contributed by atoms with E-state index in [1.165, 1.54) is 19.4 Å². The van der Waals surface area contributed by atoms with E-state index in [4.69, 9.17) is 17.0 Å². The van der Waals surface area contributed by atoms with Gasteiger partial charge in [-0.25, -0.2) is 4.68 Å². The Hall–Kier alpha value is -1.54. The lowest BCUT2D eigenvalue weighted by Gasteiger charge is -2.35. The molecular weight excluding hydrogens is 346 g/mol. The van der Waals surface area contributed by atoms with Crippen molar-refractivity contribution < 1.29 is 4.74 Å². The summed E-state index contributed by atoms with van der Waals surface area (Å²) in [5.74, 6) is 0.805. The Bertz CT molecular complexity index is 745. The smallest absolute Gasteiger partial charge is 0.203 e. The summed E-state index contributed by atoms with van der Waals surface area (Å²) in [6, 6.07) is 10.2. The monoisotopic (exact) mass is 373 g/mol. The van der Waals surface area contributed by atoms with Gasteiger partial charge in [-0.15, -0.1) is 0 Å². The quantitative estimate of drug-likeness (QED) is 0.753. The van der Waals surface area contributed by atoms with Crippen LogP contribution in [0, 0.1) is 10.7 Å². The summed E-state index contributed by atoms with van der Waals surface area (Å²) < 4.78 is 10.1. The van der Waals surface area contributed by atoms with Gasteiger partial charge in [0.2, 0.25) is 4.77 Å². The molecule has 0 unspecified atom stereocenters. The summed E-state index contributed by atoms with van der Waals surface area (Å²) in [5.41, 5.74) is 1.06. The fraction of sp³-hybridized carbons (Fsp3) is 0.579. The molecule has 7 heteroatoms. The lowest BCUT2D eigenvalue weighted by molar-refractivity contribution is 0.0228. The van der Waals surface area contributed by atoms with Crippen LogP contribution in [-0.2, 0) is 11.4 Å². The van der Waals surface area contributed by atoms with Gasteiger partial charge < -0.3 is 4.74 Å². The molecule has 4 rings (SSSR count). The van der Waals surface area contributed by atoms with Crippen LogP contribution in [-0.4, -0.2) is 70.1 Å². The third-order valence-corrected chi connectivity index (χ3v) is 5.84. The van der Waals surface area contributed by atoms with Crippen molar-refractivity contribution in [3.05, 3.63) is 41.4 Å². The maximum absolute atomic E-state index is 5.63. The Morgan fingerprint density at radius 3 is 2.46 bits per heavy atom. The molecule has 2 aromatic rings. The van der Waals surface area contributed by atoms with Crippen LogP contribution in [0.5, 0.6) is 0 Å². The van der Waals surface area contributed by atoms with Crippen LogP contribution < -0.4 is 0 Å². The van der Waals surface area contributed by atoms with Gasteiger partial charge in [-0.2, -0.15) is 5.10 Å². The highest BCUT2D eigenvalue weighted by Gasteiger charge is 2.23. The second-order valence-corrected chi connectivity index (χ2v) is 7.60. The third kappa shape index (κ3) is 4.23. The molecule has 2 saturated heterocycles. The van der Waals surface area contributed by atoms with Gasteiger partial charge in [-0.1, -0.05) is 18.2 Å². The standard InChI is InChI=1S/C19H27N5OS/c26-19-23(18-4-2-1-3-5-18)15-20-24(19)16-22-8-6-17(7-9-22)14-21-10-12-25-13-11-21/h1-5,15,17H,6-14,16H2. The zero-order chi connectivity index (χ0) is 17.8. The molecule has 2 fully saturated rings. The first-order chi connectivity index (χ1) is 12.8. The van der Waals surface area contributed by atoms with Gasteiger partial charge in [-0.05, 0) is 43.1 Å². The van der Waals surface area contributed by atoms with E-state index in [0.717, 1.165) is 62.4 Å². The fourth-order valence-corrected chi connectivity index (χ4v) is 4.11. The van der Waals surface area contributed by atoms with Crippen LogP contribution >= 0.6 is 12.2 Å². The minimum atomic E-state index is 0.756. The summed E-state index contributed by atoms with van der Waals surface area (Å²) in [5, 5.41) is 4.51. The number of benzene rings is 1. The first kappa shape index (κ1) is 17.9. The topological polar surface area (TPSA) is 38.5 Å². The van der Waals surface area contributed by atoms with Gasteiger partial charge in [0.05, 0.1) is 19.9 Å². The molecule has 2 aliphatic heterocycles. The number of morpholine rings is 1. The van der Waals surface area contributed by atoms with Crippen LogP contribution in [0.25, 0.3) is 5.69 Å². The van der Waals surface area contributed by atoms with Gasteiger partial charge in [0.15, 0.2) is 0 Å². The van der Waals surface area contributed by atoms with Crippen LogP contribution in [0.2, 0.25) is 0 Å². The third-order valence-electron chi connectivity index (χ3n) is 5.43. The van der Waals surface area contributed by atoms with Gasteiger partial charge in [0, 0.05) is 38.4 Å². The molecule has 1 aromatic carbocycles. The summed E-state index contributed by atoms with van der Waals surface area (Å²) in [4.78, 5) is 5.02. The zero-order valence-electron chi connectivity index (χ0n) is 15.2. The number of rotatable bonds is 5. The lowest BCUT2D eigenvalue weighted by Crippen LogP contribution is -2.43. The SMILES string of the molecule is S=c1n(-c2ccccc2)cnn1CN1CCC(CN2CCOCC2)CC1. The highest BCUT2D eigenvalue weighted by molar-refractivity contribution is 7.71. The van der Waals surface area contributed by atoms with Crippen molar-refractivity contribution in [2.75, 3.05) is 45.9 Å². The van der Waals surface area contributed by atoms with Crippen LogP contribution in [0.1, 0.15) is 12.8 Å². The van der Waals surface area contributed by atoms with Crippen molar-refractivity contribution in [2.45, 2.75) is 19.5 Å². The minimum absolute atomic E-state index is 0.756. The Morgan fingerprint density at radius 2 is 1.73 bits per heavy atom. The molecule has 1 aromatic heterocycles. The maximum atomic E-state index is 5.63. The Kier molecular flexibility index (Phi) is 5.79. The van der Waals surface area contributed by atoms with Gasteiger partial charge in [0.25, 0.3) is 0 Å². The zero-order valence-corrected chi connectivity index (χ0v) is 16.0. The summed E-state index contributed by atoms with van der Waals surface area (Å²) in [6.07, 6.45) is 4.33. The molecule has 6 nitrogen and oxygen atoms in total. The molecule has 140 valence electrons. The molecule has 2 aliphatic rings. The van der Waals surface area contributed by atoms with E-state index in [2.05, 4.69) is 27.0 Å². The Labute approximate surface area is 160 Å². The summed E-state index contributed by atoms with van der Waals surface area (Å²) in [7, 11) is 0. The van der Waals surface area contributed by atoms with Crippen molar-refractivity contribution >= 4 is 12.2 Å². The molecule has 0 radical (unpaired) electrons. The number of hydrogen-bond acceptors (Lipinski definition) is 5. The largest absolute Gasteiger partial charge is 0.379 e. The lowest BCUT2D eigenvalue weighted by atomic mass is 9.96. The van der Waals surface area contributed by atoms with E-state index in [9.17, 15) is 0 Å². The predicted molar refractivity (Wildman–Crippen MR) is 104 cm³/mol. The van der Waals surface area contributed by atoms with E-state index in [1.54, 1.807) is 0 Å². The van der Waals surface area contributed by atoms with Crippen molar-refractivity contribution in [3.8, 4) is 5.69 Å². The normalized spacial score (nSPS) is 20.5. The number of nitrogens with zero attached hydrogens (tertiary/aromatic N) is 5. The number of likely N-dealkylation sites (tertiary alicyclic amines) is 1. The van der Waals surface area contributed by atoms with Crippen molar-refractivity contribution in [1.29, 1.82) is 0 Å². The first-order valence-corrected chi connectivity index (χ1v) is 9.93. The highest BCUT2D eigenvalue weighted by atomic mass is 32.1. The summed E-state index contributed by atoms with van der Waals surface area (Å²) in [6.45, 7) is 8.20. The molecule has 0 atom stereocenters.